The monoisotopic (exact) mass is 204 g/mol. The molecular formula is C8H16N2O2S. The molecule has 0 saturated carbocycles. The predicted octanol–water partition coefficient (Wildman–Crippen LogP) is -0.292. The fourth-order valence-electron chi connectivity index (χ4n) is 1.40. The Balaban J connectivity index is 2.29. The van der Waals surface area contributed by atoms with E-state index in [-0.39, 0.29) is 6.04 Å². The van der Waals surface area contributed by atoms with Crippen LogP contribution in [0, 0.1) is 0 Å². The molecule has 13 heavy (non-hydrogen) atoms. The number of nitrogens with one attached hydrogen (secondary N) is 1. The van der Waals surface area contributed by atoms with Crippen molar-refractivity contribution in [3.8, 4) is 0 Å². The molecule has 0 spiro atoms. The second-order valence-electron chi connectivity index (χ2n) is 3.14. The van der Waals surface area contributed by atoms with Crippen LogP contribution in [0.2, 0.25) is 0 Å². The van der Waals surface area contributed by atoms with E-state index in [1.807, 2.05) is 0 Å². The average molecular weight is 204 g/mol. The smallest absolute Gasteiger partial charge is 0.322 e. The first-order valence-electron chi connectivity index (χ1n) is 4.41. The quantitative estimate of drug-likeness (QED) is 0.659. The van der Waals surface area contributed by atoms with Gasteiger partial charge < -0.3 is 10.4 Å². The van der Waals surface area contributed by atoms with E-state index in [0.717, 1.165) is 25.4 Å². The molecular weight excluding hydrogens is 188 g/mol. The maximum absolute atomic E-state index is 10.7. The third kappa shape index (κ3) is 3.54. The third-order valence-electron chi connectivity index (χ3n) is 2.17. The van der Waals surface area contributed by atoms with Crippen LogP contribution in [-0.4, -0.2) is 60.2 Å². The molecule has 0 aromatic carbocycles. The molecule has 2 N–H and O–H groups in total. The number of thioether (sulfide) groups is 1. The van der Waals surface area contributed by atoms with E-state index in [9.17, 15) is 4.79 Å². The fourth-order valence-corrected chi connectivity index (χ4v) is 1.84. The lowest BCUT2D eigenvalue weighted by Gasteiger charge is -2.31. The summed E-state index contributed by atoms with van der Waals surface area (Å²) in [6.45, 7) is 3.37. The maximum atomic E-state index is 10.7. The van der Waals surface area contributed by atoms with Crippen LogP contribution in [0.15, 0.2) is 0 Å². The van der Waals surface area contributed by atoms with Gasteiger partial charge in [-0.2, -0.15) is 11.8 Å². The average Bonchev–Trinajstić information content (AvgIpc) is 2.15. The summed E-state index contributed by atoms with van der Waals surface area (Å²) in [4.78, 5) is 12.9. The Morgan fingerprint density at radius 2 is 2.54 bits per heavy atom. The first-order chi connectivity index (χ1) is 6.24. The molecule has 0 aliphatic carbocycles. The summed E-state index contributed by atoms with van der Waals surface area (Å²) in [7, 11) is 0. The van der Waals surface area contributed by atoms with Crippen LogP contribution in [0.5, 0.6) is 0 Å². The lowest BCUT2D eigenvalue weighted by molar-refractivity contribution is -0.140. The van der Waals surface area contributed by atoms with Crippen LogP contribution >= 0.6 is 11.8 Å². The predicted molar refractivity (Wildman–Crippen MR) is 54.2 cm³/mol. The van der Waals surface area contributed by atoms with Crippen LogP contribution in [-0.2, 0) is 4.79 Å². The number of hydrogen-bond donors (Lipinski definition) is 2. The number of aliphatic carboxylic acids is 1. The molecule has 5 heteroatoms. The largest absolute Gasteiger partial charge is 0.480 e. The Kier molecular flexibility index (Phi) is 4.55. The van der Waals surface area contributed by atoms with Crippen LogP contribution in [0.1, 0.15) is 0 Å². The van der Waals surface area contributed by atoms with Gasteiger partial charge in [0.25, 0.3) is 0 Å². The number of carboxylic acids is 1. The minimum Gasteiger partial charge on any atom is -0.480 e. The molecule has 76 valence electrons. The highest BCUT2D eigenvalue weighted by atomic mass is 32.2. The highest BCUT2D eigenvalue weighted by Crippen LogP contribution is 2.01. The van der Waals surface area contributed by atoms with E-state index in [0.29, 0.717) is 6.54 Å². The lowest BCUT2D eigenvalue weighted by atomic mass is 10.2. The number of nitrogens with zero attached hydrogens (tertiary/aromatic N) is 1. The minimum atomic E-state index is -0.742. The van der Waals surface area contributed by atoms with Crippen molar-refractivity contribution in [1.29, 1.82) is 0 Å². The van der Waals surface area contributed by atoms with Crippen molar-refractivity contribution in [1.82, 2.24) is 10.2 Å². The minimum absolute atomic E-state index is 0.379. The summed E-state index contributed by atoms with van der Waals surface area (Å²) < 4.78 is 0. The van der Waals surface area contributed by atoms with E-state index >= 15 is 0 Å². The van der Waals surface area contributed by atoms with Gasteiger partial charge in [0.1, 0.15) is 6.04 Å². The van der Waals surface area contributed by atoms with Gasteiger partial charge in [-0.25, -0.2) is 0 Å². The van der Waals surface area contributed by atoms with Crippen LogP contribution in [0.3, 0.4) is 0 Å². The van der Waals surface area contributed by atoms with Crippen molar-refractivity contribution in [2.75, 3.05) is 38.2 Å². The van der Waals surface area contributed by atoms with Crippen molar-refractivity contribution in [2.45, 2.75) is 6.04 Å². The van der Waals surface area contributed by atoms with E-state index in [1.165, 1.54) is 0 Å². The molecule has 1 fully saturated rings. The molecule has 0 aromatic rings. The Hall–Kier alpha value is -0.260. The van der Waals surface area contributed by atoms with Gasteiger partial charge >= 0.3 is 5.97 Å². The molecule has 1 atom stereocenters. The zero-order chi connectivity index (χ0) is 9.68. The second-order valence-corrected chi connectivity index (χ2v) is 4.12. The molecule has 1 heterocycles. The number of carbonyl (C=O) groups is 1. The molecule has 1 saturated heterocycles. The zero-order valence-electron chi connectivity index (χ0n) is 7.82. The van der Waals surface area contributed by atoms with Crippen molar-refractivity contribution in [3.05, 3.63) is 0 Å². The highest BCUT2D eigenvalue weighted by Gasteiger charge is 2.23. The van der Waals surface area contributed by atoms with Crippen molar-refractivity contribution < 1.29 is 9.90 Å². The third-order valence-corrected chi connectivity index (χ3v) is 2.76. The van der Waals surface area contributed by atoms with Crippen LogP contribution < -0.4 is 5.32 Å². The first kappa shape index (κ1) is 10.8. The van der Waals surface area contributed by atoms with Gasteiger partial charge in [0.05, 0.1) is 0 Å². The lowest BCUT2D eigenvalue weighted by Crippen LogP contribution is -2.54. The van der Waals surface area contributed by atoms with Gasteiger partial charge in [-0.15, -0.1) is 0 Å². The summed E-state index contributed by atoms with van der Waals surface area (Å²) in [6.07, 6.45) is 2.07. The Morgan fingerprint density at radius 1 is 1.77 bits per heavy atom. The van der Waals surface area contributed by atoms with Gasteiger partial charge in [-0.1, -0.05) is 0 Å². The van der Waals surface area contributed by atoms with E-state index in [4.69, 9.17) is 5.11 Å². The van der Waals surface area contributed by atoms with E-state index in [2.05, 4.69) is 16.5 Å². The summed E-state index contributed by atoms with van der Waals surface area (Å²) in [5.74, 6) is 0.334. The molecule has 0 radical (unpaired) electrons. The van der Waals surface area contributed by atoms with Crippen molar-refractivity contribution in [3.63, 3.8) is 0 Å². The number of carboxylic acid groups (broad SMARTS) is 1. The second kappa shape index (κ2) is 5.47. The molecule has 0 unspecified atom stereocenters. The van der Waals surface area contributed by atoms with Crippen molar-refractivity contribution in [2.24, 2.45) is 0 Å². The van der Waals surface area contributed by atoms with E-state index in [1.54, 1.807) is 11.8 Å². The number of piperazine rings is 1. The summed E-state index contributed by atoms with van der Waals surface area (Å²) in [6, 6.07) is -0.379. The Labute approximate surface area is 82.7 Å². The highest BCUT2D eigenvalue weighted by molar-refractivity contribution is 7.98. The van der Waals surface area contributed by atoms with Gasteiger partial charge in [-0.05, 0) is 6.26 Å². The number of rotatable bonds is 4. The number of hydrogen-bond acceptors (Lipinski definition) is 4. The molecule has 1 rings (SSSR count). The summed E-state index contributed by atoms with van der Waals surface area (Å²) >= 11 is 1.80. The standard InChI is InChI=1S/C8H16N2O2S/c1-13-5-4-10-3-2-9-7(6-10)8(11)12/h7,9H,2-6H2,1H3,(H,11,12)/t7-/m1/s1. The van der Waals surface area contributed by atoms with Crippen LogP contribution in [0.4, 0.5) is 0 Å². The van der Waals surface area contributed by atoms with Crippen molar-refractivity contribution >= 4 is 17.7 Å². The van der Waals surface area contributed by atoms with E-state index < -0.39 is 5.97 Å². The SMILES string of the molecule is CSCCN1CCN[C@@H](C(=O)O)C1. The molecule has 4 nitrogen and oxygen atoms in total. The van der Waals surface area contributed by atoms with Gasteiger partial charge in [0.2, 0.25) is 0 Å². The van der Waals surface area contributed by atoms with Gasteiger partial charge in [-0.3, -0.25) is 9.69 Å². The van der Waals surface area contributed by atoms with Gasteiger partial charge in [0.15, 0.2) is 0 Å². The maximum Gasteiger partial charge on any atom is 0.322 e. The molecule has 1 aliphatic heterocycles. The molecule has 0 aromatic heterocycles. The zero-order valence-corrected chi connectivity index (χ0v) is 8.64. The van der Waals surface area contributed by atoms with Gasteiger partial charge in [0, 0.05) is 31.9 Å². The molecule has 0 bridgehead atoms. The summed E-state index contributed by atoms with van der Waals surface area (Å²) in [5.41, 5.74) is 0. The fraction of sp³-hybridized carbons (Fsp3) is 0.875. The topological polar surface area (TPSA) is 52.6 Å². The Bertz CT molecular complexity index is 178. The first-order valence-corrected chi connectivity index (χ1v) is 5.81. The normalized spacial score (nSPS) is 24.5. The Morgan fingerprint density at radius 3 is 3.15 bits per heavy atom. The van der Waals surface area contributed by atoms with Crippen LogP contribution in [0.25, 0.3) is 0 Å². The molecule has 1 aliphatic rings. The molecule has 0 amide bonds. The summed E-state index contributed by atoms with van der Waals surface area (Å²) in [5, 5.41) is 11.8.